The van der Waals surface area contributed by atoms with E-state index in [0.717, 1.165) is 44.9 Å². The normalized spacial score (nSPS) is 25.7. The summed E-state index contributed by atoms with van der Waals surface area (Å²) in [5, 5.41) is 37.7. The summed E-state index contributed by atoms with van der Waals surface area (Å²) in [6.07, 6.45) is 6.02. The van der Waals surface area contributed by atoms with Crippen LogP contribution < -0.4 is 0 Å². The molecule has 8 heteroatoms. The Hall–Kier alpha value is -1.15. The lowest BCUT2D eigenvalue weighted by atomic mass is 9.77. The molecule has 4 N–H and O–H groups in total. The van der Waals surface area contributed by atoms with E-state index in [2.05, 4.69) is 0 Å². The van der Waals surface area contributed by atoms with Crippen molar-refractivity contribution in [2.24, 2.45) is 11.8 Å². The van der Waals surface area contributed by atoms with Gasteiger partial charge in [0.15, 0.2) is 0 Å². The van der Waals surface area contributed by atoms with Crippen molar-refractivity contribution in [3.8, 4) is 0 Å². The van der Waals surface area contributed by atoms with Crippen molar-refractivity contribution in [1.82, 2.24) is 0 Å². The second-order valence-electron chi connectivity index (χ2n) is 7.82. The van der Waals surface area contributed by atoms with Gasteiger partial charge in [0.1, 0.15) is 24.8 Å². The van der Waals surface area contributed by atoms with Crippen LogP contribution in [0.15, 0.2) is 11.3 Å². The molecule has 7 nitrogen and oxygen atoms in total. The fraction of sp³-hybridized carbons (Fsp3) is 0.810. The first-order valence-corrected chi connectivity index (χ1v) is 10.9. The first-order valence-electron chi connectivity index (χ1n) is 10.5. The molecule has 0 radical (unpaired) electrons. The average Bonchev–Trinajstić information content (AvgIpc) is 2.71. The zero-order valence-electron chi connectivity index (χ0n) is 17.1. The first kappa shape index (κ1) is 25.9. The van der Waals surface area contributed by atoms with Crippen LogP contribution in [0.4, 0.5) is 0 Å². The monoisotopic (exact) mass is 434 g/mol. The number of aldehydes is 1. The topological polar surface area (TPSA) is 124 Å². The van der Waals surface area contributed by atoms with E-state index in [0.29, 0.717) is 24.7 Å². The first-order chi connectivity index (χ1) is 13.8. The van der Waals surface area contributed by atoms with Gasteiger partial charge in [-0.05, 0) is 30.8 Å². The molecule has 0 fully saturated rings. The second-order valence-corrected chi connectivity index (χ2v) is 8.32. The van der Waals surface area contributed by atoms with Crippen molar-refractivity contribution in [1.29, 1.82) is 0 Å². The van der Waals surface area contributed by atoms with Gasteiger partial charge >= 0.3 is 5.97 Å². The van der Waals surface area contributed by atoms with Gasteiger partial charge < -0.3 is 30.0 Å². The van der Waals surface area contributed by atoms with Gasteiger partial charge in [0.2, 0.25) is 0 Å². The van der Waals surface area contributed by atoms with Gasteiger partial charge in [0, 0.05) is 6.42 Å². The van der Waals surface area contributed by atoms with Crippen molar-refractivity contribution in [3.63, 3.8) is 0 Å². The molecule has 0 aliphatic heterocycles. The molecule has 1 rings (SSSR count). The lowest BCUT2D eigenvalue weighted by molar-refractivity contribution is -0.147. The molecule has 0 aromatic heterocycles. The standard InChI is InChI=1S/C21H35ClO7/c1-14-17(12-24)20(27)16(21(28)19(14)22)9-7-5-3-2-4-6-8-10-18(26)29-13-15(25)11-23/h12,14-15,17,19,21,23,25,27-28H,2-11,13H2,1H3. The zero-order valence-corrected chi connectivity index (χ0v) is 17.9. The molecule has 5 unspecified atom stereocenters. The molecule has 0 amide bonds. The SMILES string of the molecule is CC1C(C=O)C(O)=C(CCCCCCCCCC(=O)OCC(O)CO)C(O)C1Cl. The van der Waals surface area contributed by atoms with Crippen LogP contribution in [0.1, 0.15) is 64.7 Å². The van der Waals surface area contributed by atoms with E-state index in [9.17, 15) is 19.8 Å². The fourth-order valence-electron chi connectivity index (χ4n) is 3.54. The Kier molecular flexibility index (Phi) is 12.5. The van der Waals surface area contributed by atoms with E-state index in [-0.39, 0.29) is 24.3 Å². The highest BCUT2D eigenvalue weighted by Crippen LogP contribution is 2.37. The van der Waals surface area contributed by atoms with E-state index < -0.39 is 30.1 Å². The summed E-state index contributed by atoms with van der Waals surface area (Å²) < 4.78 is 4.83. The number of alkyl halides is 1. The molecular weight excluding hydrogens is 400 g/mol. The van der Waals surface area contributed by atoms with Crippen LogP contribution in [0.3, 0.4) is 0 Å². The number of hydrogen-bond donors (Lipinski definition) is 4. The number of aliphatic hydroxyl groups excluding tert-OH is 4. The average molecular weight is 435 g/mol. The third-order valence-electron chi connectivity index (χ3n) is 5.49. The lowest BCUT2D eigenvalue weighted by Gasteiger charge is -2.35. The minimum atomic E-state index is -1.02. The van der Waals surface area contributed by atoms with Gasteiger partial charge in [0.25, 0.3) is 0 Å². The number of allylic oxidation sites excluding steroid dienone is 1. The number of hydrogen-bond acceptors (Lipinski definition) is 7. The van der Waals surface area contributed by atoms with Crippen LogP contribution in [0.2, 0.25) is 0 Å². The Bertz CT molecular complexity index is 537. The molecule has 0 aromatic carbocycles. The highest BCUT2D eigenvalue weighted by molar-refractivity contribution is 6.21. The highest BCUT2D eigenvalue weighted by Gasteiger charge is 2.40. The third kappa shape index (κ3) is 8.62. The van der Waals surface area contributed by atoms with Crippen LogP contribution in [-0.2, 0) is 14.3 Å². The molecule has 1 aliphatic carbocycles. The van der Waals surface area contributed by atoms with Crippen LogP contribution in [-0.4, -0.2) is 63.5 Å². The lowest BCUT2D eigenvalue weighted by Crippen LogP contribution is -2.40. The van der Waals surface area contributed by atoms with Crippen molar-refractivity contribution in [2.75, 3.05) is 13.2 Å². The maximum Gasteiger partial charge on any atom is 0.305 e. The van der Waals surface area contributed by atoms with E-state index in [1.54, 1.807) is 6.92 Å². The van der Waals surface area contributed by atoms with Gasteiger partial charge in [-0.2, -0.15) is 0 Å². The maximum atomic E-state index is 11.4. The summed E-state index contributed by atoms with van der Waals surface area (Å²) in [6, 6.07) is 0. The highest BCUT2D eigenvalue weighted by atomic mass is 35.5. The Balaban J connectivity index is 2.14. The van der Waals surface area contributed by atoms with Crippen LogP contribution in [0.25, 0.3) is 0 Å². The smallest absolute Gasteiger partial charge is 0.305 e. The minimum absolute atomic E-state index is 0.0182. The van der Waals surface area contributed by atoms with Crippen LogP contribution >= 0.6 is 11.6 Å². The number of aliphatic hydroxyl groups is 4. The van der Waals surface area contributed by atoms with Crippen molar-refractivity contribution in [3.05, 3.63) is 11.3 Å². The number of rotatable bonds is 14. The van der Waals surface area contributed by atoms with Gasteiger partial charge in [-0.15, -0.1) is 11.6 Å². The molecule has 29 heavy (non-hydrogen) atoms. The van der Waals surface area contributed by atoms with Crippen molar-refractivity contribution < 1.29 is 34.8 Å². The number of carbonyl (C=O) groups excluding carboxylic acids is 2. The van der Waals surface area contributed by atoms with Gasteiger partial charge in [-0.1, -0.05) is 39.0 Å². The molecule has 0 spiro atoms. The minimum Gasteiger partial charge on any atom is -0.512 e. The number of ether oxygens (including phenoxy) is 1. The van der Waals surface area contributed by atoms with E-state index in [4.69, 9.17) is 26.6 Å². The Morgan fingerprint density at radius 1 is 1.17 bits per heavy atom. The van der Waals surface area contributed by atoms with Gasteiger partial charge in [0.05, 0.1) is 24.0 Å². The molecule has 0 bridgehead atoms. The largest absolute Gasteiger partial charge is 0.512 e. The predicted octanol–water partition coefficient (Wildman–Crippen LogP) is 2.64. The Morgan fingerprint density at radius 3 is 2.34 bits per heavy atom. The number of esters is 1. The number of carbonyl (C=O) groups is 2. The summed E-state index contributed by atoms with van der Waals surface area (Å²) in [4.78, 5) is 22.7. The summed E-state index contributed by atoms with van der Waals surface area (Å²) in [7, 11) is 0. The summed E-state index contributed by atoms with van der Waals surface area (Å²) >= 11 is 6.22. The van der Waals surface area contributed by atoms with E-state index in [1.165, 1.54) is 0 Å². The molecule has 1 aliphatic rings. The predicted molar refractivity (Wildman–Crippen MR) is 110 cm³/mol. The van der Waals surface area contributed by atoms with Crippen molar-refractivity contribution >= 4 is 23.9 Å². The summed E-state index contributed by atoms with van der Waals surface area (Å²) in [5.41, 5.74) is 0.491. The molecule has 0 heterocycles. The quantitative estimate of drug-likeness (QED) is 0.143. The van der Waals surface area contributed by atoms with Gasteiger partial charge in [-0.25, -0.2) is 0 Å². The maximum absolute atomic E-state index is 11.4. The molecule has 0 saturated carbocycles. The summed E-state index contributed by atoms with van der Waals surface area (Å²) in [5.74, 6) is -1.33. The fourth-order valence-corrected chi connectivity index (χ4v) is 3.85. The van der Waals surface area contributed by atoms with Gasteiger partial charge in [-0.3, -0.25) is 4.79 Å². The van der Waals surface area contributed by atoms with Crippen LogP contribution in [0.5, 0.6) is 0 Å². The van der Waals surface area contributed by atoms with E-state index >= 15 is 0 Å². The second kappa shape index (κ2) is 14.0. The third-order valence-corrected chi connectivity index (χ3v) is 6.13. The number of unbranched alkanes of at least 4 members (excludes halogenated alkanes) is 6. The van der Waals surface area contributed by atoms with Crippen molar-refractivity contribution in [2.45, 2.75) is 82.3 Å². The Labute approximate surface area is 177 Å². The Morgan fingerprint density at radius 2 is 1.76 bits per heavy atom. The molecule has 5 atom stereocenters. The zero-order chi connectivity index (χ0) is 21.8. The number of halogens is 1. The molecule has 0 aromatic rings. The molecular formula is C21H35ClO7. The summed E-state index contributed by atoms with van der Waals surface area (Å²) in [6.45, 7) is 1.16. The van der Waals surface area contributed by atoms with E-state index in [1.807, 2.05) is 0 Å². The van der Waals surface area contributed by atoms with Crippen LogP contribution in [0, 0.1) is 11.8 Å². The molecule has 0 saturated heterocycles. The molecule has 168 valence electrons.